The van der Waals surface area contributed by atoms with Crippen molar-refractivity contribution in [2.24, 2.45) is 0 Å². The standard InChI is InChI=1S/C15H17ClFNS/c1-2-8-18-14(15-13(16)7-9-19-15)10-11-3-5-12(17)6-4-11/h3-7,9,14,18H,2,8,10H2,1H3. The minimum atomic E-state index is -0.198. The maximum Gasteiger partial charge on any atom is 0.123 e. The lowest BCUT2D eigenvalue weighted by atomic mass is 10.0. The maximum atomic E-state index is 12.9. The van der Waals surface area contributed by atoms with Crippen molar-refractivity contribution in [3.63, 3.8) is 0 Å². The molecule has 1 heterocycles. The number of hydrogen-bond acceptors (Lipinski definition) is 2. The molecule has 0 aliphatic rings. The van der Waals surface area contributed by atoms with E-state index in [4.69, 9.17) is 11.6 Å². The summed E-state index contributed by atoms with van der Waals surface area (Å²) in [5, 5.41) is 6.32. The van der Waals surface area contributed by atoms with Crippen molar-refractivity contribution in [3.8, 4) is 0 Å². The summed E-state index contributed by atoms with van der Waals surface area (Å²) in [6.07, 6.45) is 1.89. The highest BCUT2D eigenvalue weighted by Gasteiger charge is 2.16. The van der Waals surface area contributed by atoms with E-state index < -0.39 is 0 Å². The molecule has 0 radical (unpaired) electrons. The Kier molecular flexibility index (Phi) is 5.37. The molecule has 1 aromatic carbocycles. The van der Waals surface area contributed by atoms with Gasteiger partial charge in [-0.1, -0.05) is 30.7 Å². The van der Waals surface area contributed by atoms with Crippen molar-refractivity contribution >= 4 is 22.9 Å². The van der Waals surface area contributed by atoms with E-state index in [0.29, 0.717) is 0 Å². The predicted molar refractivity (Wildman–Crippen MR) is 80.5 cm³/mol. The van der Waals surface area contributed by atoms with Crippen LogP contribution < -0.4 is 5.32 Å². The van der Waals surface area contributed by atoms with Gasteiger partial charge in [0.15, 0.2) is 0 Å². The van der Waals surface area contributed by atoms with Crippen LogP contribution in [0.15, 0.2) is 35.7 Å². The Morgan fingerprint density at radius 1 is 1.26 bits per heavy atom. The first-order valence-electron chi connectivity index (χ1n) is 6.41. The van der Waals surface area contributed by atoms with Gasteiger partial charge in [0.25, 0.3) is 0 Å². The SMILES string of the molecule is CCCNC(Cc1ccc(F)cc1)c1sccc1Cl. The van der Waals surface area contributed by atoms with Gasteiger partial charge in [-0.2, -0.15) is 0 Å². The van der Waals surface area contributed by atoms with Crippen molar-refractivity contribution < 1.29 is 4.39 Å². The van der Waals surface area contributed by atoms with Crippen LogP contribution in [0.5, 0.6) is 0 Å². The molecule has 0 saturated carbocycles. The van der Waals surface area contributed by atoms with Gasteiger partial charge in [0, 0.05) is 10.9 Å². The number of rotatable bonds is 6. The second kappa shape index (κ2) is 7.04. The number of hydrogen-bond donors (Lipinski definition) is 1. The van der Waals surface area contributed by atoms with Gasteiger partial charge in [0.05, 0.1) is 5.02 Å². The normalized spacial score (nSPS) is 12.6. The Hall–Kier alpha value is -0.900. The molecule has 0 amide bonds. The molecule has 1 atom stereocenters. The molecule has 2 rings (SSSR count). The molecule has 102 valence electrons. The number of thiophene rings is 1. The zero-order valence-corrected chi connectivity index (χ0v) is 12.4. The molecule has 1 nitrogen and oxygen atoms in total. The zero-order valence-electron chi connectivity index (χ0n) is 10.8. The van der Waals surface area contributed by atoms with E-state index in [1.54, 1.807) is 11.3 Å². The first kappa shape index (κ1) is 14.5. The molecule has 0 spiro atoms. The topological polar surface area (TPSA) is 12.0 Å². The highest BCUT2D eigenvalue weighted by Crippen LogP contribution is 2.30. The molecule has 19 heavy (non-hydrogen) atoms. The third-order valence-electron chi connectivity index (χ3n) is 2.96. The van der Waals surface area contributed by atoms with Crippen molar-refractivity contribution in [1.82, 2.24) is 5.32 Å². The van der Waals surface area contributed by atoms with E-state index in [-0.39, 0.29) is 11.9 Å². The summed E-state index contributed by atoms with van der Waals surface area (Å²) in [6, 6.07) is 8.78. The van der Waals surface area contributed by atoms with Crippen LogP contribution in [0.3, 0.4) is 0 Å². The second-order valence-electron chi connectivity index (χ2n) is 4.47. The lowest BCUT2D eigenvalue weighted by Crippen LogP contribution is -2.23. The second-order valence-corrected chi connectivity index (χ2v) is 5.82. The van der Waals surface area contributed by atoms with Crippen LogP contribution in [-0.2, 0) is 6.42 Å². The van der Waals surface area contributed by atoms with Gasteiger partial charge >= 0.3 is 0 Å². The third kappa shape index (κ3) is 4.03. The lowest BCUT2D eigenvalue weighted by molar-refractivity contribution is 0.536. The quantitative estimate of drug-likeness (QED) is 0.806. The fraction of sp³-hybridized carbons (Fsp3) is 0.333. The first-order chi connectivity index (χ1) is 9.20. The van der Waals surface area contributed by atoms with Crippen LogP contribution in [-0.4, -0.2) is 6.54 Å². The summed E-state index contributed by atoms with van der Waals surface area (Å²) >= 11 is 7.88. The van der Waals surface area contributed by atoms with E-state index in [0.717, 1.165) is 34.8 Å². The van der Waals surface area contributed by atoms with E-state index >= 15 is 0 Å². The largest absolute Gasteiger partial charge is 0.309 e. The summed E-state index contributed by atoms with van der Waals surface area (Å²) in [5.41, 5.74) is 1.11. The van der Waals surface area contributed by atoms with Crippen molar-refractivity contribution in [1.29, 1.82) is 0 Å². The van der Waals surface area contributed by atoms with Gasteiger partial charge in [-0.15, -0.1) is 11.3 Å². The average molecular weight is 298 g/mol. The van der Waals surface area contributed by atoms with Crippen molar-refractivity contribution in [2.45, 2.75) is 25.8 Å². The smallest absolute Gasteiger partial charge is 0.123 e. The molecule has 0 saturated heterocycles. The summed E-state index contributed by atoms with van der Waals surface area (Å²) < 4.78 is 12.9. The highest BCUT2D eigenvalue weighted by atomic mass is 35.5. The Labute approximate surface area is 122 Å². The van der Waals surface area contributed by atoms with Gasteiger partial charge in [0.2, 0.25) is 0 Å². The van der Waals surface area contributed by atoms with Gasteiger partial charge in [-0.05, 0) is 48.5 Å². The molecule has 0 bridgehead atoms. The Bertz CT molecular complexity index is 509. The van der Waals surface area contributed by atoms with Gasteiger partial charge < -0.3 is 5.32 Å². The molecule has 0 aliphatic carbocycles. The minimum absolute atomic E-state index is 0.193. The van der Waals surface area contributed by atoms with Crippen LogP contribution in [0.4, 0.5) is 4.39 Å². The zero-order chi connectivity index (χ0) is 13.7. The van der Waals surface area contributed by atoms with Crippen LogP contribution in [0.2, 0.25) is 5.02 Å². The molecular formula is C15H17ClFNS. The van der Waals surface area contributed by atoms with E-state index in [2.05, 4.69) is 12.2 Å². The van der Waals surface area contributed by atoms with Crippen LogP contribution in [0.1, 0.15) is 29.8 Å². The molecule has 0 fully saturated rings. The molecule has 4 heteroatoms. The molecule has 1 aromatic heterocycles. The van der Waals surface area contributed by atoms with Crippen LogP contribution in [0, 0.1) is 5.82 Å². The molecule has 0 aliphatic heterocycles. The summed E-state index contributed by atoms with van der Waals surface area (Å²) in [5.74, 6) is -0.198. The number of benzene rings is 1. The summed E-state index contributed by atoms with van der Waals surface area (Å²) in [4.78, 5) is 1.15. The highest BCUT2D eigenvalue weighted by molar-refractivity contribution is 7.10. The Morgan fingerprint density at radius 2 is 2.00 bits per heavy atom. The fourth-order valence-electron chi connectivity index (χ4n) is 1.99. The third-order valence-corrected chi connectivity index (χ3v) is 4.43. The van der Waals surface area contributed by atoms with E-state index in [1.165, 1.54) is 12.1 Å². The van der Waals surface area contributed by atoms with Gasteiger partial charge in [-0.3, -0.25) is 0 Å². The average Bonchev–Trinajstić information content (AvgIpc) is 2.83. The monoisotopic (exact) mass is 297 g/mol. The maximum absolute atomic E-state index is 12.9. The Balaban J connectivity index is 2.14. The van der Waals surface area contributed by atoms with Crippen LogP contribution >= 0.6 is 22.9 Å². The van der Waals surface area contributed by atoms with Gasteiger partial charge in [-0.25, -0.2) is 4.39 Å². The summed E-state index contributed by atoms with van der Waals surface area (Å²) in [6.45, 7) is 3.08. The minimum Gasteiger partial charge on any atom is -0.309 e. The van der Waals surface area contributed by atoms with Crippen LogP contribution in [0.25, 0.3) is 0 Å². The summed E-state index contributed by atoms with van der Waals surface area (Å²) in [7, 11) is 0. The first-order valence-corrected chi connectivity index (χ1v) is 7.67. The van der Waals surface area contributed by atoms with E-state index in [1.807, 2.05) is 23.6 Å². The molecular weight excluding hydrogens is 281 g/mol. The van der Waals surface area contributed by atoms with Gasteiger partial charge in [0.1, 0.15) is 5.82 Å². The number of halogens is 2. The predicted octanol–water partition coefficient (Wildman–Crippen LogP) is 4.82. The molecule has 2 aromatic rings. The molecule has 1 unspecified atom stereocenters. The van der Waals surface area contributed by atoms with Crippen molar-refractivity contribution in [3.05, 3.63) is 57.0 Å². The lowest BCUT2D eigenvalue weighted by Gasteiger charge is -2.18. The van der Waals surface area contributed by atoms with E-state index in [9.17, 15) is 4.39 Å². The van der Waals surface area contributed by atoms with Crippen molar-refractivity contribution in [2.75, 3.05) is 6.54 Å². The Morgan fingerprint density at radius 3 is 2.58 bits per heavy atom. The fourth-order valence-corrected chi connectivity index (χ4v) is 3.25. The molecule has 1 N–H and O–H groups in total. The number of nitrogens with one attached hydrogen (secondary N) is 1.